The van der Waals surface area contributed by atoms with Gasteiger partial charge in [0.05, 0.1) is 5.56 Å². The van der Waals surface area contributed by atoms with Crippen molar-refractivity contribution in [1.29, 1.82) is 0 Å². The van der Waals surface area contributed by atoms with Crippen LogP contribution < -0.4 is 10.6 Å². The molecule has 1 aromatic carbocycles. The van der Waals surface area contributed by atoms with Crippen molar-refractivity contribution >= 4 is 17.4 Å². The van der Waals surface area contributed by atoms with Crippen molar-refractivity contribution in [2.45, 2.75) is 39.0 Å². The van der Waals surface area contributed by atoms with E-state index in [1.165, 1.54) is 12.1 Å². The Labute approximate surface area is 165 Å². The van der Waals surface area contributed by atoms with Crippen LogP contribution in [0.3, 0.4) is 0 Å². The number of carbonyl (C=O) groups is 1. The Kier molecular flexibility index (Phi) is 6.29. The van der Waals surface area contributed by atoms with Crippen LogP contribution >= 0.6 is 0 Å². The molecule has 2 N–H and O–H groups in total. The first-order chi connectivity index (χ1) is 13.3. The Morgan fingerprint density at radius 2 is 2.00 bits per heavy atom. The summed E-state index contributed by atoms with van der Waals surface area (Å²) in [5.74, 6) is 0.612. The molecule has 0 bridgehead atoms. The first kappa shape index (κ1) is 20.3. The SMILES string of the molecule is CC(C)(C)c1cc(Nc2cccc(F)c2)ncc1C(=O)NCC1CCOCC1. The maximum Gasteiger partial charge on any atom is 0.253 e. The van der Waals surface area contributed by atoms with Crippen molar-refractivity contribution in [1.82, 2.24) is 10.3 Å². The maximum absolute atomic E-state index is 13.4. The van der Waals surface area contributed by atoms with Crippen LogP contribution in [0.2, 0.25) is 0 Å². The van der Waals surface area contributed by atoms with Gasteiger partial charge in [0.2, 0.25) is 0 Å². The molecule has 0 radical (unpaired) electrons. The van der Waals surface area contributed by atoms with Gasteiger partial charge in [-0.05, 0) is 54.0 Å². The van der Waals surface area contributed by atoms with Crippen LogP contribution in [0.5, 0.6) is 0 Å². The molecule has 1 amide bonds. The predicted molar refractivity (Wildman–Crippen MR) is 108 cm³/mol. The van der Waals surface area contributed by atoms with Gasteiger partial charge in [0.1, 0.15) is 11.6 Å². The zero-order valence-electron chi connectivity index (χ0n) is 16.7. The van der Waals surface area contributed by atoms with E-state index in [0.29, 0.717) is 29.5 Å². The van der Waals surface area contributed by atoms with E-state index in [9.17, 15) is 9.18 Å². The van der Waals surface area contributed by atoms with Crippen molar-refractivity contribution in [3.8, 4) is 0 Å². The number of anilines is 2. The number of rotatable bonds is 5. The zero-order chi connectivity index (χ0) is 20.1. The Morgan fingerprint density at radius 1 is 1.25 bits per heavy atom. The van der Waals surface area contributed by atoms with Crippen LogP contribution in [0, 0.1) is 11.7 Å². The maximum atomic E-state index is 13.4. The number of aromatic nitrogens is 1. The first-order valence-electron chi connectivity index (χ1n) is 9.72. The second-order valence-corrected chi connectivity index (χ2v) is 8.27. The number of halogens is 1. The van der Waals surface area contributed by atoms with Crippen molar-refractivity contribution < 1.29 is 13.9 Å². The molecule has 3 rings (SSSR count). The van der Waals surface area contributed by atoms with Crippen molar-refractivity contribution in [2.24, 2.45) is 5.92 Å². The lowest BCUT2D eigenvalue weighted by atomic mass is 9.84. The standard InChI is InChI=1S/C22H28FN3O2/c1-22(2,3)19-12-20(26-17-6-4-5-16(23)11-17)24-14-18(19)21(27)25-13-15-7-9-28-10-8-15/h4-6,11-12,14-15H,7-10,13H2,1-3H3,(H,24,26)(H,25,27). The summed E-state index contributed by atoms with van der Waals surface area (Å²) in [5.41, 5.74) is 1.84. The molecule has 150 valence electrons. The third-order valence-corrected chi connectivity index (χ3v) is 4.95. The van der Waals surface area contributed by atoms with Crippen LogP contribution in [-0.4, -0.2) is 30.6 Å². The van der Waals surface area contributed by atoms with Gasteiger partial charge in [0.25, 0.3) is 5.91 Å². The molecule has 1 aliphatic heterocycles. The lowest BCUT2D eigenvalue weighted by molar-refractivity contribution is 0.0642. The van der Waals surface area contributed by atoms with Gasteiger partial charge in [0, 0.05) is 31.6 Å². The molecule has 0 aliphatic carbocycles. The molecular weight excluding hydrogens is 357 g/mol. The molecule has 1 fully saturated rings. The highest BCUT2D eigenvalue weighted by atomic mass is 19.1. The third kappa shape index (κ3) is 5.29. The van der Waals surface area contributed by atoms with E-state index in [4.69, 9.17) is 4.74 Å². The van der Waals surface area contributed by atoms with Gasteiger partial charge in [0.15, 0.2) is 0 Å². The minimum Gasteiger partial charge on any atom is -0.381 e. The van der Waals surface area contributed by atoms with Crippen LogP contribution in [0.15, 0.2) is 36.5 Å². The number of benzene rings is 1. The Bertz CT molecular complexity index is 827. The molecular formula is C22H28FN3O2. The normalized spacial score (nSPS) is 15.3. The Morgan fingerprint density at radius 3 is 2.68 bits per heavy atom. The number of nitrogens with one attached hydrogen (secondary N) is 2. The molecule has 6 heteroatoms. The summed E-state index contributed by atoms with van der Waals surface area (Å²) in [7, 11) is 0. The summed E-state index contributed by atoms with van der Waals surface area (Å²) in [5, 5.41) is 6.16. The van der Waals surface area contributed by atoms with E-state index >= 15 is 0 Å². The molecule has 5 nitrogen and oxygen atoms in total. The van der Waals surface area contributed by atoms with Crippen LogP contribution in [-0.2, 0) is 10.2 Å². The molecule has 1 saturated heterocycles. The van der Waals surface area contributed by atoms with Gasteiger partial charge in [-0.2, -0.15) is 0 Å². The Hall–Kier alpha value is -2.47. The van der Waals surface area contributed by atoms with E-state index in [1.807, 2.05) is 6.07 Å². The van der Waals surface area contributed by atoms with E-state index in [1.54, 1.807) is 18.3 Å². The fourth-order valence-corrected chi connectivity index (χ4v) is 3.32. The van der Waals surface area contributed by atoms with E-state index in [-0.39, 0.29) is 17.1 Å². The largest absolute Gasteiger partial charge is 0.381 e. The second-order valence-electron chi connectivity index (χ2n) is 8.27. The molecule has 0 atom stereocenters. The van der Waals surface area contributed by atoms with Crippen LogP contribution in [0.25, 0.3) is 0 Å². The van der Waals surface area contributed by atoms with Gasteiger partial charge in [-0.15, -0.1) is 0 Å². The third-order valence-electron chi connectivity index (χ3n) is 4.95. The van der Waals surface area contributed by atoms with E-state index < -0.39 is 0 Å². The van der Waals surface area contributed by atoms with E-state index in [2.05, 4.69) is 36.4 Å². The minimum absolute atomic E-state index is 0.110. The number of ether oxygens (including phenoxy) is 1. The monoisotopic (exact) mass is 385 g/mol. The summed E-state index contributed by atoms with van der Waals surface area (Å²) in [4.78, 5) is 17.2. The minimum atomic E-state index is -0.315. The molecule has 28 heavy (non-hydrogen) atoms. The number of pyridine rings is 1. The highest BCUT2D eigenvalue weighted by molar-refractivity contribution is 5.96. The van der Waals surface area contributed by atoms with Crippen molar-refractivity contribution in [2.75, 3.05) is 25.1 Å². The molecule has 0 saturated carbocycles. The lowest BCUT2D eigenvalue weighted by Gasteiger charge is -2.25. The average molecular weight is 385 g/mol. The summed E-state index contributed by atoms with van der Waals surface area (Å²) < 4.78 is 18.8. The number of hydrogen-bond acceptors (Lipinski definition) is 4. The lowest BCUT2D eigenvalue weighted by Crippen LogP contribution is -2.33. The van der Waals surface area contributed by atoms with Gasteiger partial charge in [-0.3, -0.25) is 4.79 Å². The smallest absolute Gasteiger partial charge is 0.253 e. The predicted octanol–water partition coefficient (Wildman–Crippen LogP) is 4.42. The fraction of sp³-hybridized carbons (Fsp3) is 0.455. The summed E-state index contributed by atoms with van der Waals surface area (Å²) in [6.07, 6.45) is 3.55. The topological polar surface area (TPSA) is 63.2 Å². The Balaban J connectivity index is 1.77. The van der Waals surface area contributed by atoms with Gasteiger partial charge < -0.3 is 15.4 Å². The molecule has 2 heterocycles. The fourth-order valence-electron chi connectivity index (χ4n) is 3.32. The number of carbonyl (C=O) groups excluding carboxylic acids is 1. The highest BCUT2D eigenvalue weighted by Gasteiger charge is 2.24. The van der Waals surface area contributed by atoms with E-state index in [0.717, 1.165) is 31.6 Å². The van der Waals surface area contributed by atoms with Gasteiger partial charge >= 0.3 is 0 Å². The summed E-state index contributed by atoms with van der Waals surface area (Å²) in [6, 6.07) is 8.09. The van der Waals surface area contributed by atoms with Crippen molar-refractivity contribution in [3.05, 3.63) is 53.5 Å². The summed E-state index contributed by atoms with van der Waals surface area (Å²) in [6.45, 7) is 8.34. The molecule has 2 aromatic rings. The second kappa shape index (κ2) is 8.69. The first-order valence-corrected chi connectivity index (χ1v) is 9.72. The summed E-state index contributed by atoms with van der Waals surface area (Å²) >= 11 is 0. The molecule has 1 aliphatic rings. The van der Waals surface area contributed by atoms with Crippen molar-refractivity contribution in [3.63, 3.8) is 0 Å². The average Bonchev–Trinajstić information content (AvgIpc) is 2.66. The number of hydrogen-bond donors (Lipinski definition) is 2. The molecule has 0 spiro atoms. The van der Waals surface area contributed by atoms with Gasteiger partial charge in [-0.1, -0.05) is 26.8 Å². The highest BCUT2D eigenvalue weighted by Crippen LogP contribution is 2.29. The zero-order valence-corrected chi connectivity index (χ0v) is 16.7. The number of amides is 1. The quantitative estimate of drug-likeness (QED) is 0.800. The van der Waals surface area contributed by atoms with Crippen LogP contribution in [0.1, 0.15) is 49.5 Å². The number of nitrogens with zero attached hydrogens (tertiary/aromatic N) is 1. The van der Waals surface area contributed by atoms with Gasteiger partial charge in [-0.25, -0.2) is 9.37 Å². The molecule has 1 aromatic heterocycles. The van der Waals surface area contributed by atoms with Crippen LogP contribution in [0.4, 0.5) is 15.9 Å². The molecule has 0 unspecified atom stereocenters.